The molecular weight excluding hydrogens is 470 g/mol. The maximum absolute atomic E-state index is 13.4. The molecule has 2 aliphatic rings. The summed E-state index contributed by atoms with van der Waals surface area (Å²) in [5, 5.41) is 4.46. The number of fused-ring (bicyclic) bond motifs is 1. The molecule has 178 valence electrons. The van der Waals surface area contributed by atoms with Crippen LogP contribution >= 0.6 is 11.3 Å². The second-order valence-electron chi connectivity index (χ2n) is 8.90. The van der Waals surface area contributed by atoms with Crippen molar-refractivity contribution in [1.82, 2.24) is 0 Å². The minimum absolute atomic E-state index is 0.144. The van der Waals surface area contributed by atoms with E-state index < -0.39 is 9.84 Å². The second-order valence-corrected chi connectivity index (χ2v) is 11.7. The van der Waals surface area contributed by atoms with Gasteiger partial charge in [0.25, 0.3) is 0 Å². The summed E-state index contributed by atoms with van der Waals surface area (Å²) in [7, 11) is -2.15. The van der Waals surface area contributed by atoms with Gasteiger partial charge in [0.1, 0.15) is 4.90 Å². The molecule has 34 heavy (non-hydrogen) atoms. The third kappa shape index (κ3) is 4.20. The van der Waals surface area contributed by atoms with Crippen LogP contribution in [-0.4, -0.2) is 27.5 Å². The van der Waals surface area contributed by atoms with Crippen LogP contribution in [0.5, 0.6) is 11.5 Å². The minimum atomic E-state index is -3.77. The first-order valence-electron chi connectivity index (χ1n) is 11.4. The predicted molar refractivity (Wildman–Crippen MR) is 132 cm³/mol. The molecule has 1 atom stereocenters. The largest absolute Gasteiger partial charge is 0.493 e. The summed E-state index contributed by atoms with van der Waals surface area (Å²) in [6, 6.07) is 12.5. The van der Waals surface area contributed by atoms with Gasteiger partial charge in [0.05, 0.1) is 23.8 Å². The summed E-state index contributed by atoms with van der Waals surface area (Å²) in [5.41, 5.74) is 2.28. The molecule has 5 rings (SSSR count). The smallest absolute Gasteiger partial charge is 0.225 e. The van der Waals surface area contributed by atoms with Gasteiger partial charge >= 0.3 is 0 Å². The zero-order valence-electron chi connectivity index (χ0n) is 19.2. The standard InChI is InChI=1S/C26H27NO5S2/c1-16-7-10-19(11-8-16)34(29,30)23-15-33-26-20(14-24(28)27-25(23)26)17-9-12-21(31-2)22(13-17)32-18-5-3-4-6-18/h7-13,15,18,20H,3-6,14H2,1-2H3,(H,27,28)/t20-/m1/s1. The van der Waals surface area contributed by atoms with Gasteiger partial charge in [-0.05, 0) is 62.4 Å². The van der Waals surface area contributed by atoms with Crippen molar-refractivity contribution in [2.75, 3.05) is 12.4 Å². The van der Waals surface area contributed by atoms with Crippen molar-refractivity contribution in [2.45, 2.75) is 60.8 Å². The van der Waals surface area contributed by atoms with Crippen LogP contribution in [0.3, 0.4) is 0 Å². The van der Waals surface area contributed by atoms with Crippen molar-refractivity contribution in [3.63, 3.8) is 0 Å². The highest BCUT2D eigenvalue weighted by atomic mass is 32.2. The third-order valence-electron chi connectivity index (χ3n) is 6.56. The molecule has 1 aliphatic carbocycles. The summed E-state index contributed by atoms with van der Waals surface area (Å²) < 4.78 is 38.5. The van der Waals surface area contributed by atoms with Crippen molar-refractivity contribution in [2.24, 2.45) is 0 Å². The Morgan fingerprint density at radius 2 is 1.76 bits per heavy atom. The number of sulfone groups is 1. The minimum Gasteiger partial charge on any atom is -0.493 e. The Kier molecular flexibility index (Phi) is 6.12. The summed E-state index contributed by atoms with van der Waals surface area (Å²) in [6.07, 6.45) is 4.77. The van der Waals surface area contributed by atoms with E-state index in [9.17, 15) is 13.2 Å². The van der Waals surface area contributed by atoms with E-state index in [1.165, 1.54) is 11.3 Å². The van der Waals surface area contributed by atoms with Crippen LogP contribution in [-0.2, 0) is 14.6 Å². The van der Waals surface area contributed by atoms with Crippen LogP contribution in [0, 0.1) is 6.92 Å². The van der Waals surface area contributed by atoms with Gasteiger partial charge in [-0.25, -0.2) is 8.42 Å². The Bertz CT molecular complexity index is 1320. The number of thiophene rings is 1. The lowest BCUT2D eigenvalue weighted by Gasteiger charge is -2.25. The number of carbonyl (C=O) groups is 1. The Morgan fingerprint density at radius 3 is 2.47 bits per heavy atom. The van der Waals surface area contributed by atoms with Crippen LogP contribution in [0.1, 0.15) is 54.0 Å². The van der Waals surface area contributed by atoms with Crippen molar-refractivity contribution >= 4 is 32.8 Å². The molecule has 0 bridgehead atoms. The van der Waals surface area contributed by atoms with Gasteiger partial charge < -0.3 is 14.8 Å². The monoisotopic (exact) mass is 497 g/mol. The number of rotatable bonds is 6. The Labute approximate surface area is 203 Å². The normalized spacial score (nSPS) is 18.4. The quantitative estimate of drug-likeness (QED) is 0.473. The Morgan fingerprint density at radius 1 is 1.03 bits per heavy atom. The first-order chi connectivity index (χ1) is 16.4. The first kappa shape index (κ1) is 22.9. The second kappa shape index (κ2) is 9.07. The molecule has 1 saturated carbocycles. The van der Waals surface area contributed by atoms with Crippen molar-refractivity contribution in [3.8, 4) is 11.5 Å². The van der Waals surface area contributed by atoms with E-state index in [-0.39, 0.29) is 34.1 Å². The fourth-order valence-electron chi connectivity index (χ4n) is 4.70. The van der Waals surface area contributed by atoms with Gasteiger partial charge in [0.15, 0.2) is 11.5 Å². The number of hydrogen-bond donors (Lipinski definition) is 1. The van der Waals surface area contributed by atoms with Crippen LogP contribution in [0.4, 0.5) is 5.69 Å². The number of nitrogens with one attached hydrogen (secondary N) is 1. The van der Waals surface area contributed by atoms with Gasteiger partial charge in [-0.15, -0.1) is 11.3 Å². The number of carbonyl (C=O) groups excluding carboxylic acids is 1. The Hall–Kier alpha value is -2.84. The number of anilines is 1. The number of methoxy groups -OCH3 is 1. The molecule has 1 fully saturated rings. The average Bonchev–Trinajstić information content (AvgIpc) is 3.49. The predicted octanol–water partition coefficient (Wildman–Crippen LogP) is 5.69. The number of hydrogen-bond acceptors (Lipinski definition) is 6. The molecule has 1 amide bonds. The summed E-state index contributed by atoms with van der Waals surface area (Å²) >= 11 is 1.36. The lowest BCUT2D eigenvalue weighted by molar-refractivity contribution is -0.116. The zero-order chi connectivity index (χ0) is 23.9. The molecule has 1 aliphatic heterocycles. The summed E-state index contributed by atoms with van der Waals surface area (Å²) in [6.45, 7) is 1.91. The van der Waals surface area contributed by atoms with Crippen molar-refractivity contribution < 1.29 is 22.7 Å². The Balaban J connectivity index is 1.53. The summed E-state index contributed by atoms with van der Waals surface area (Å²) in [5.74, 6) is 0.867. The van der Waals surface area contributed by atoms with E-state index in [0.29, 0.717) is 17.2 Å². The highest BCUT2D eigenvalue weighted by Crippen LogP contribution is 2.47. The van der Waals surface area contributed by atoms with Crippen LogP contribution < -0.4 is 14.8 Å². The lowest BCUT2D eigenvalue weighted by Crippen LogP contribution is -2.23. The van der Waals surface area contributed by atoms with E-state index in [0.717, 1.165) is 41.7 Å². The summed E-state index contributed by atoms with van der Waals surface area (Å²) in [4.78, 5) is 13.9. The fourth-order valence-corrected chi connectivity index (χ4v) is 7.61. The van der Waals surface area contributed by atoms with Gasteiger partial charge in [-0.2, -0.15) is 0 Å². The molecule has 1 N–H and O–H groups in total. The molecule has 8 heteroatoms. The van der Waals surface area contributed by atoms with Gasteiger partial charge in [-0.1, -0.05) is 23.8 Å². The topological polar surface area (TPSA) is 81.7 Å². The lowest BCUT2D eigenvalue weighted by atomic mass is 9.90. The van der Waals surface area contributed by atoms with Gasteiger partial charge in [0, 0.05) is 22.6 Å². The molecule has 0 saturated heterocycles. The maximum atomic E-state index is 13.4. The molecule has 0 radical (unpaired) electrons. The van der Waals surface area contributed by atoms with E-state index in [4.69, 9.17) is 9.47 Å². The molecule has 0 spiro atoms. The van der Waals surface area contributed by atoms with E-state index >= 15 is 0 Å². The molecule has 6 nitrogen and oxygen atoms in total. The molecular formula is C26H27NO5S2. The molecule has 0 unspecified atom stereocenters. The SMILES string of the molecule is COc1ccc([C@H]2CC(=O)Nc3c(S(=O)(=O)c4ccc(C)cc4)csc32)cc1OC1CCCC1. The highest BCUT2D eigenvalue weighted by Gasteiger charge is 2.35. The van der Waals surface area contributed by atoms with Crippen LogP contribution in [0.15, 0.2) is 57.6 Å². The average molecular weight is 498 g/mol. The van der Waals surface area contributed by atoms with E-state index in [2.05, 4.69) is 5.32 Å². The van der Waals surface area contributed by atoms with E-state index in [1.54, 1.807) is 36.8 Å². The number of aryl methyl sites for hydroxylation is 1. The van der Waals surface area contributed by atoms with Gasteiger partial charge in [-0.3, -0.25) is 4.79 Å². The third-order valence-corrected chi connectivity index (χ3v) is 9.60. The maximum Gasteiger partial charge on any atom is 0.225 e. The highest BCUT2D eigenvalue weighted by molar-refractivity contribution is 7.91. The number of amides is 1. The molecule has 3 aromatic rings. The van der Waals surface area contributed by atoms with Crippen LogP contribution in [0.2, 0.25) is 0 Å². The fraction of sp³-hybridized carbons (Fsp3) is 0.346. The molecule has 1 aromatic heterocycles. The number of benzene rings is 2. The molecule has 2 aromatic carbocycles. The van der Waals surface area contributed by atoms with E-state index in [1.807, 2.05) is 25.1 Å². The van der Waals surface area contributed by atoms with Gasteiger partial charge in [0.2, 0.25) is 15.7 Å². The van der Waals surface area contributed by atoms with Crippen molar-refractivity contribution in [1.29, 1.82) is 0 Å². The first-order valence-corrected chi connectivity index (χ1v) is 13.8. The van der Waals surface area contributed by atoms with Crippen molar-refractivity contribution in [3.05, 3.63) is 63.8 Å². The number of ether oxygens (including phenoxy) is 2. The zero-order valence-corrected chi connectivity index (χ0v) is 20.8. The van der Waals surface area contributed by atoms with Crippen LogP contribution in [0.25, 0.3) is 0 Å². The molecule has 2 heterocycles.